The van der Waals surface area contributed by atoms with Crippen molar-refractivity contribution in [3.05, 3.63) is 0 Å². The van der Waals surface area contributed by atoms with Crippen LogP contribution in [0.15, 0.2) is 0 Å². The summed E-state index contributed by atoms with van der Waals surface area (Å²) in [6.07, 6.45) is -2.14. The van der Waals surface area contributed by atoms with Gasteiger partial charge in [0, 0.05) is 31.1 Å². The molecule has 0 saturated heterocycles. The van der Waals surface area contributed by atoms with Crippen LogP contribution in [0.25, 0.3) is 0 Å². The zero-order chi connectivity index (χ0) is 26.6. The van der Waals surface area contributed by atoms with Gasteiger partial charge in [-0.3, -0.25) is 19.4 Å². The maximum atomic E-state index is 12.9. The zero-order valence-corrected chi connectivity index (χ0v) is 21.2. The van der Waals surface area contributed by atoms with Crippen LogP contribution in [-0.4, -0.2) is 77.0 Å². The molecule has 0 bridgehead atoms. The number of esters is 2. The van der Waals surface area contributed by atoms with Gasteiger partial charge in [-0.25, -0.2) is 15.0 Å². The molecule has 0 unspecified atom stereocenters. The summed E-state index contributed by atoms with van der Waals surface area (Å²) in [5.41, 5.74) is -0.0385. The second-order valence-corrected chi connectivity index (χ2v) is 9.66. The van der Waals surface area contributed by atoms with Crippen molar-refractivity contribution in [2.75, 3.05) is 19.8 Å². The number of hydrogen-bond donors (Lipinski definition) is 3. The lowest BCUT2D eigenvalue weighted by atomic mass is 9.89. The predicted molar refractivity (Wildman–Crippen MR) is 121 cm³/mol. The topological polar surface area (TPSA) is 161 Å². The smallest absolute Gasteiger partial charge is 0.426 e. The number of fused-ring (bicyclic) bond motifs is 1. The van der Waals surface area contributed by atoms with E-state index in [1.807, 2.05) is 0 Å². The van der Waals surface area contributed by atoms with E-state index in [0.717, 1.165) is 5.01 Å². The molecule has 198 valence electrons. The van der Waals surface area contributed by atoms with Crippen LogP contribution in [0.5, 0.6) is 0 Å². The van der Waals surface area contributed by atoms with Gasteiger partial charge in [-0.15, -0.1) is 0 Å². The summed E-state index contributed by atoms with van der Waals surface area (Å²) in [5.74, 6) is -4.23. The Bertz CT molecular complexity index is 841. The quantitative estimate of drug-likeness (QED) is 0.235. The number of aliphatic hydroxyl groups excluding tert-OH is 1. The molecular formula is C23H37N3O9. The Hall–Kier alpha value is -2.89. The van der Waals surface area contributed by atoms with E-state index in [4.69, 9.17) is 14.2 Å². The van der Waals surface area contributed by atoms with Crippen molar-refractivity contribution in [1.82, 2.24) is 15.8 Å². The lowest BCUT2D eigenvalue weighted by Gasteiger charge is -2.32. The minimum absolute atomic E-state index is 0.0482. The van der Waals surface area contributed by atoms with Gasteiger partial charge in [0.25, 0.3) is 0 Å². The molecule has 2 rings (SSSR count). The molecule has 0 aromatic heterocycles. The number of nitrogens with one attached hydrogen (secondary N) is 2. The molecule has 0 aromatic carbocycles. The standard InChI is InChI=1S/C23H37N3O9/c1-7-15(29)26(25-21(32)35-22(4,5)6)11-10-14(28)24-23(20(31)34-9-3)12-13(27)16-17(18(16)23)19(30)33-8-2/h13,16-18,27H,7-12H2,1-6H3,(H,24,28)(H,25,32)/t13-,16-,17-,18-,23-/m0/s1. The molecule has 0 radical (unpaired) electrons. The molecule has 2 fully saturated rings. The zero-order valence-electron chi connectivity index (χ0n) is 21.2. The number of rotatable bonds is 9. The number of carbonyl (C=O) groups is 5. The Labute approximate surface area is 205 Å². The van der Waals surface area contributed by atoms with Crippen LogP contribution in [0, 0.1) is 17.8 Å². The van der Waals surface area contributed by atoms with Gasteiger partial charge < -0.3 is 24.6 Å². The highest BCUT2D eigenvalue weighted by Crippen LogP contribution is 2.63. The third kappa shape index (κ3) is 6.62. The Kier molecular flexibility index (Phi) is 9.10. The molecule has 0 spiro atoms. The van der Waals surface area contributed by atoms with Crippen LogP contribution in [0.1, 0.15) is 60.8 Å². The number of aliphatic hydroxyl groups is 1. The molecule has 5 atom stereocenters. The number of amides is 3. The minimum Gasteiger partial charge on any atom is -0.466 e. The molecule has 0 heterocycles. The second kappa shape index (κ2) is 11.2. The molecule has 0 aromatic rings. The van der Waals surface area contributed by atoms with Crippen LogP contribution in [-0.2, 0) is 33.4 Å². The van der Waals surface area contributed by atoms with E-state index >= 15 is 0 Å². The molecule has 35 heavy (non-hydrogen) atoms. The van der Waals surface area contributed by atoms with Gasteiger partial charge in [-0.2, -0.15) is 0 Å². The number of nitrogens with zero attached hydrogens (tertiary/aromatic N) is 1. The van der Waals surface area contributed by atoms with Crippen LogP contribution in [0.2, 0.25) is 0 Å². The van der Waals surface area contributed by atoms with Crippen molar-refractivity contribution in [2.45, 2.75) is 78.0 Å². The first kappa shape index (κ1) is 28.3. The Balaban J connectivity index is 2.13. The molecule has 12 nitrogen and oxygen atoms in total. The van der Waals surface area contributed by atoms with Crippen LogP contribution in [0.3, 0.4) is 0 Å². The van der Waals surface area contributed by atoms with Crippen molar-refractivity contribution < 1.29 is 43.3 Å². The summed E-state index contributed by atoms with van der Waals surface area (Å²) >= 11 is 0. The summed E-state index contributed by atoms with van der Waals surface area (Å²) in [7, 11) is 0. The third-order valence-corrected chi connectivity index (χ3v) is 5.97. The number of ether oxygens (including phenoxy) is 3. The predicted octanol–water partition coefficient (Wildman–Crippen LogP) is 0.663. The monoisotopic (exact) mass is 499 g/mol. The van der Waals surface area contributed by atoms with Gasteiger partial charge in [-0.05, 0) is 34.6 Å². The summed E-state index contributed by atoms with van der Waals surface area (Å²) in [6, 6.07) is 0. The summed E-state index contributed by atoms with van der Waals surface area (Å²) in [4.78, 5) is 62.6. The highest BCUT2D eigenvalue weighted by atomic mass is 16.6. The average Bonchev–Trinajstić information content (AvgIpc) is 3.44. The fraction of sp³-hybridized carbons (Fsp3) is 0.783. The normalized spacial score (nSPS) is 26.7. The molecule has 2 saturated carbocycles. The molecule has 0 aliphatic heterocycles. The summed E-state index contributed by atoms with van der Waals surface area (Å²) in [6.45, 7) is 9.90. The Morgan fingerprint density at radius 1 is 1.06 bits per heavy atom. The third-order valence-electron chi connectivity index (χ3n) is 5.97. The fourth-order valence-electron chi connectivity index (χ4n) is 4.63. The molecular weight excluding hydrogens is 462 g/mol. The maximum Gasteiger partial charge on any atom is 0.426 e. The van der Waals surface area contributed by atoms with Gasteiger partial charge in [0.15, 0.2) is 0 Å². The largest absolute Gasteiger partial charge is 0.466 e. The SMILES string of the molecule is CCOC(=O)[C@H]1[C@H]2[C@@H]1[C@](NC(=O)CCN(NC(=O)OC(C)(C)C)C(=O)CC)(C(=O)OCC)C[C@@H]2O. The number of hydrazine groups is 1. The van der Waals surface area contributed by atoms with Gasteiger partial charge >= 0.3 is 18.0 Å². The van der Waals surface area contributed by atoms with Gasteiger partial charge in [0.05, 0.1) is 31.8 Å². The van der Waals surface area contributed by atoms with Crippen molar-refractivity contribution in [2.24, 2.45) is 17.8 Å². The number of carbonyl (C=O) groups excluding carboxylic acids is 5. The maximum absolute atomic E-state index is 12.9. The first-order valence-electron chi connectivity index (χ1n) is 11.9. The molecule has 3 N–H and O–H groups in total. The second-order valence-electron chi connectivity index (χ2n) is 9.66. The van der Waals surface area contributed by atoms with Crippen LogP contribution in [0.4, 0.5) is 4.79 Å². The highest BCUT2D eigenvalue weighted by molar-refractivity contribution is 5.92. The Morgan fingerprint density at radius 3 is 2.23 bits per heavy atom. The van der Waals surface area contributed by atoms with Gasteiger partial charge in [0.2, 0.25) is 11.8 Å². The van der Waals surface area contributed by atoms with E-state index in [1.165, 1.54) is 0 Å². The van der Waals surface area contributed by atoms with E-state index in [-0.39, 0.29) is 39.0 Å². The van der Waals surface area contributed by atoms with Crippen molar-refractivity contribution >= 4 is 29.8 Å². The lowest BCUT2D eigenvalue weighted by Crippen LogP contribution is -2.58. The van der Waals surface area contributed by atoms with Crippen molar-refractivity contribution in [3.8, 4) is 0 Å². The van der Waals surface area contributed by atoms with E-state index in [0.29, 0.717) is 0 Å². The van der Waals surface area contributed by atoms with Crippen LogP contribution >= 0.6 is 0 Å². The molecule has 3 amide bonds. The summed E-state index contributed by atoms with van der Waals surface area (Å²) < 4.78 is 15.4. The molecule has 2 aliphatic carbocycles. The number of hydrogen-bond acceptors (Lipinski definition) is 9. The van der Waals surface area contributed by atoms with Crippen molar-refractivity contribution in [3.63, 3.8) is 0 Å². The van der Waals surface area contributed by atoms with Crippen molar-refractivity contribution in [1.29, 1.82) is 0 Å². The first-order chi connectivity index (χ1) is 16.3. The molecule has 12 heteroatoms. The highest BCUT2D eigenvalue weighted by Gasteiger charge is 2.76. The minimum atomic E-state index is -1.59. The van der Waals surface area contributed by atoms with Crippen LogP contribution < -0.4 is 10.7 Å². The van der Waals surface area contributed by atoms with E-state index in [9.17, 15) is 29.1 Å². The Morgan fingerprint density at radius 2 is 1.69 bits per heavy atom. The van der Waals surface area contributed by atoms with Gasteiger partial charge in [-0.1, -0.05) is 6.92 Å². The summed E-state index contributed by atoms with van der Waals surface area (Å²) in [5, 5.41) is 14.2. The van der Waals surface area contributed by atoms with E-state index < -0.39 is 64.8 Å². The van der Waals surface area contributed by atoms with E-state index in [1.54, 1.807) is 41.5 Å². The first-order valence-corrected chi connectivity index (χ1v) is 11.9. The van der Waals surface area contributed by atoms with Gasteiger partial charge in [0.1, 0.15) is 11.1 Å². The van der Waals surface area contributed by atoms with E-state index in [2.05, 4.69) is 10.7 Å². The fourth-order valence-corrected chi connectivity index (χ4v) is 4.63. The lowest BCUT2D eigenvalue weighted by molar-refractivity contribution is -0.156. The molecule has 2 aliphatic rings. The average molecular weight is 500 g/mol.